The molecule has 8 heteroatoms. The highest BCUT2D eigenvalue weighted by Gasteiger charge is 2.24. The first-order chi connectivity index (χ1) is 13.0. The number of hydrogen-bond donors (Lipinski definition) is 0. The van der Waals surface area contributed by atoms with Gasteiger partial charge in [-0.2, -0.15) is 0 Å². The van der Waals surface area contributed by atoms with Gasteiger partial charge in [-0.1, -0.05) is 6.92 Å². The fraction of sp³-hybridized carbons (Fsp3) is 0.632. The van der Waals surface area contributed by atoms with Crippen molar-refractivity contribution >= 4 is 27.5 Å². The predicted molar refractivity (Wildman–Crippen MR) is 105 cm³/mol. The van der Waals surface area contributed by atoms with Gasteiger partial charge in [0.1, 0.15) is 11.4 Å². The average molecular weight is 394 g/mol. The zero-order valence-corrected chi connectivity index (χ0v) is 17.0. The molecule has 0 N–H and O–H groups in total. The summed E-state index contributed by atoms with van der Waals surface area (Å²) in [5.74, 6) is 0.509. The summed E-state index contributed by atoms with van der Waals surface area (Å²) in [5, 5.41) is 0.706. The molecule has 0 saturated carbocycles. The first-order valence-corrected chi connectivity index (χ1v) is 10.1. The lowest BCUT2D eigenvalue weighted by Gasteiger charge is -2.22. The summed E-state index contributed by atoms with van der Waals surface area (Å²) in [6.07, 6.45) is 4.52. The summed E-state index contributed by atoms with van der Waals surface area (Å²) in [6.45, 7) is 4.04. The summed E-state index contributed by atoms with van der Waals surface area (Å²) in [7, 11) is 3.20. The molecule has 1 aliphatic rings. The van der Waals surface area contributed by atoms with E-state index < -0.39 is 0 Å². The minimum absolute atomic E-state index is 0.0176. The van der Waals surface area contributed by atoms with E-state index in [0.717, 1.165) is 29.7 Å². The van der Waals surface area contributed by atoms with Crippen molar-refractivity contribution in [3.8, 4) is 0 Å². The standard InChI is InChI=1S/C19H27N3O4S/c1-13-4-5-14-15(10-13)27-18-17(14)19(24)22(12-20-18)11-16(23)21(6-8-25-2)7-9-26-3/h12-13H,4-11H2,1-3H3/t13-/m0/s1. The number of ether oxygens (including phenoxy) is 2. The second kappa shape index (κ2) is 8.95. The maximum atomic E-state index is 13.0. The number of rotatable bonds is 8. The van der Waals surface area contributed by atoms with E-state index in [1.807, 2.05) is 0 Å². The maximum absolute atomic E-state index is 13.0. The average Bonchev–Trinajstić information content (AvgIpc) is 3.02. The summed E-state index contributed by atoms with van der Waals surface area (Å²) in [5.41, 5.74) is 1.03. The van der Waals surface area contributed by atoms with E-state index in [4.69, 9.17) is 9.47 Å². The van der Waals surface area contributed by atoms with Gasteiger partial charge < -0.3 is 14.4 Å². The number of aromatic nitrogens is 2. The van der Waals surface area contributed by atoms with Gasteiger partial charge in [0.15, 0.2) is 0 Å². The van der Waals surface area contributed by atoms with Crippen molar-refractivity contribution in [1.82, 2.24) is 14.5 Å². The molecule has 1 amide bonds. The highest BCUT2D eigenvalue weighted by Crippen LogP contribution is 2.35. The molecule has 27 heavy (non-hydrogen) atoms. The lowest BCUT2D eigenvalue weighted by Crippen LogP contribution is -2.40. The molecule has 0 bridgehead atoms. The summed E-state index contributed by atoms with van der Waals surface area (Å²) < 4.78 is 11.6. The van der Waals surface area contributed by atoms with E-state index in [9.17, 15) is 9.59 Å². The van der Waals surface area contributed by atoms with Crippen molar-refractivity contribution in [2.45, 2.75) is 32.7 Å². The number of carbonyl (C=O) groups excluding carboxylic acids is 1. The van der Waals surface area contributed by atoms with Crippen molar-refractivity contribution in [3.05, 3.63) is 27.1 Å². The molecule has 2 aromatic rings. The molecule has 0 aromatic carbocycles. The van der Waals surface area contributed by atoms with E-state index in [1.165, 1.54) is 15.8 Å². The Morgan fingerprint density at radius 1 is 1.33 bits per heavy atom. The molecule has 0 fully saturated rings. The molecule has 0 aliphatic heterocycles. The molecule has 0 spiro atoms. The maximum Gasteiger partial charge on any atom is 0.262 e. The van der Waals surface area contributed by atoms with E-state index in [1.54, 1.807) is 30.5 Å². The second-order valence-electron chi connectivity index (χ2n) is 7.08. The van der Waals surface area contributed by atoms with Crippen LogP contribution in [0.4, 0.5) is 0 Å². The van der Waals surface area contributed by atoms with E-state index in [0.29, 0.717) is 37.6 Å². The molecule has 7 nitrogen and oxygen atoms in total. The van der Waals surface area contributed by atoms with Crippen LogP contribution in [0.15, 0.2) is 11.1 Å². The van der Waals surface area contributed by atoms with Crippen molar-refractivity contribution in [3.63, 3.8) is 0 Å². The number of carbonyl (C=O) groups is 1. The van der Waals surface area contributed by atoms with E-state index in [2.05, 4.69) is 11.9 Å². The smallest absolute Gasteiger partial charge is 0.262 e. The van der Waals surface area contributed by atoms with Crippen LogP contribution < -0.4 is 5.56 Å². The molecule has 0 radical (unpaired) electrons. The zero-order valence-electron chi connectivity index (χ0n) is 16.2. The van der Waals surface area contributed by atoms with Gasteiger partial charge in [0, 0.05) is 32.2 Å². The minimum Gasteiger partial charge on any atom is -0.383 e. The van der Waals surface area contributed by atoms with Crippen molar-refractivity contribution in [2.75, 3.05) is 40.5 Å². The van der Waals surface area contributed by atoms with Gasteiger partial charge in [0.05, 0.1) is 24.9 Å². The van der Waals surface area contributed by atoms with E-state index >= 15 is 0 Å². The first-order valence-electron chi connectivity index (χ1n) is 9.30. The van der Waals surface area contributed by atoms with Gasteiger partial charge in [-0.3, -0.25) is 14.2 Å². The Bertz CT molecular complexity index is 852. The molecule has 1 aliphatic carbocycles. The molecule has 3 rings (SSSR count). The molecular weight excluding hydrogens is 366 g/mol. The lowest BCUT2D eigenvalue weighted by atomic mass is 9.89. The second-order valence-corrected chi connectivity index (χ2v) is 8.16. The number of nitrogens with zero attached hydrogens (tertiary/aromatic N) is 3. The molecule has 0 unspecified atom stereocenters. The SMILES string of the molecule is COCCN(CCOC)C(=O)Cn1cnc2sc3c(c2c1=O)CC[C@H](C)C3. The Labute approximate surface area is 162 Å². The Balaban J connectivity index is 1.85. The monoisotopic (exact) mass is 393 g/mol. The normalized spacial score (nSPS) is 16.5. The van der Waals surface area contributed by atoms with Crippen LogP contribution in [-0.2, 0) is 33.7 Å². The van der Waals surface area contributed by atoms with Gasteiger partial charge in [-0.25, -0.2) is 4.98 Å². The largest absolute Gasteiger partial charge is 0.383 e. The Morgan fingerprint density at radius 3 is 2.70 bits per heavy atom. The highest BCUT2D eigenvalue weighted by atomic mass is 32.1. The molecule has 1 atom stereocenters. The number of hydrogen-bond acceptors (Lipinski definition) is 6. The lowest BCUT2D eigenvalue weighted by molar-refractivity contribution is -0.133. The fourth-order valence-corrected chi connectivity index (χ4v) is 4.83. The van der Waals surface area contributed by atoms with Gasteiger partial charge in [-0.05, 0) is 30.7 Å². The third kappa shape index (κ3) is 4.39. The summed E-state index contributed by atoms with van der Waals surface area (Å²) in [6, 6.07) is 0. The molecule has 0 saturated heterocycles. The first kappa shape index (κ1) is 20.0. The van der Waals surface area contributed by atoms with Crippen LogP contribution in [-0.4, -0.2) is 60.9 Å². The van der Waals surface area contributed by atoms with Crippen molar-refractivity contribution in [1.29, 1.82) is 0 Å². The van der Waals surface area contributed by atoms with Gasteiger partial charge in [0.2, 0.25) is 5.91 Å². The third-order valence-corrected chi connectivity index (χ3v) is 6.23. The molecule has 148 valence electrons. The number of aryl methyl sites for hydroxylation is 1. The van der Waals surface area contributed by atoms with Crippen LogP contribution in [0.5, 0.6) is 0 Å². The van der Waals surface area contributed by atoms with Crippen LogP contribution in [0.25, 0.3) is 10.2 Å². The van der Waals surface area contributed by atoms with Crippen LogP contribution in [0, 0.1) is 5.92 Å². The Kier molecular flexibility index (Phi) is 6.62. The number of methoxy groups -OCH3 is 2. The summed E-state index contributed by atoms with van der Waals surface area (Å²) >= 11 is 1.62. The summed E-state index contributed by atoms with van der Waals surface area (Å²) in [4.78, 5) is 33.9. The molecule has 2 aromatic heterocycles. The number of amides is 1. The Morgan fingerprint density at radius 2 is 2.04 bits per heavy atom. The minimum atomic E-state index is -0.134. The van der Waals surface area contributed by atoms with Crippen LogP contribution in [0.2, 0.25) is 0 Å². The molecule has 2 heterocycles. The van der Waals surface area contributed by atoms with Gasteiger partial charge in [-0.15, -0.1) is 11.3 Å². The number of thiophene rings is 1. The van der Waals surface area contributed by atoms with E-state index in [-0.39, 0.29) is 18.0 Å². The number of fused-ring (bicyclic) bond motifs is 3. The predicted octanol–water partition coefficient (Wildman–Crippen LogP) is 1.70. The van der Waals surface area contributed by atoms with Crippen LogP contribution in [0.3, 0.4) is 0 Å². The van der Waals surface area contributed by atoms with Crippen LogP contribution >= 0.6 is 11.3 Å². The quantitative estimate of drug-likeness (QED) is 0.683. The molecular formula is C19H27N3O4S. The topological polar surface area (TPSA) is 73.7 Å². The van der Waals surface area contributed by atoms with Crippen LogP contribution in [0.1, 0.15) is 23.8 Å². The highest BCUT2D eigenvalue weighted by molar-refractivity contribution is 7.18. The van der Waals surface area contributed by atoms with Gasteiger partial charge in [0.25, 0.3) is 5.56 Å². The van der Waals surface area contributed by atoms with Gasteiger partial charge >= 0.3 is 0 Å². The third-order valence-electron chi connectivity index (χ3n) is 5.07. The zero-order chi connectivity index (χ0) is 19.4. The fourth-order valence-electron chi connectivity index (χ4n) is 3.49. The van der Waals surface area contributed by atoms with Crippen molar-refractivity contribution < 1.29 is 14.3 Å². The Hall–Kier alpha value is -1.77. The van der Waals surface area contributed by atoms with Crippen molar-refractivity contribution in [2.24, 2.45) is 5.92 Å².